The maximum atomic E-state index is 12.1. The van der Waals surface area contributed by atoms with Crippen molar-refractivity contribution in [2.24, 2.45) is 5.73 Å². The summed E-state index contributed by atoms with van der Waals surface area (Å²) in [4.78, 5) is 16.6. The number of imidazole rings is 1. The number of Topliss-reactive ketones (excluding diaryl/α,β-unsaturated/α-hetero) is 1. The van der Waals surface area contributed by atoms with Crippen molar-refractivity contribution in [3.8, 4) is 6.07 Å². The van der Waals surface area contributed by atoms with Crippen molar-refractivity contribution in [1.29, 1.82) is 5.26 Å². The number of allylic oxidation sites excluding steroid dienone is 2. The highest BCUT2D eigenvalue weighted by molar-refractivity contribution is 7.99. The Morgan fingerprint density at radius 1 is 1.48 bits per heavy atom. The molecule has 0 unspecified atom stereocenters. The van der Waals surface area contributed by atoms with Crippen LogP contribution in [0.2, 0.25) is 0 Å². The summed E-state index contributed by atoms with van der Waals surface area (Å²) in [7, 11) is 1.64. The quantitative estimate of drug-likeness (QED) is 0.475. The fraction of sp³-hybridized carbons (Fsp3) is 0.312. The minimum absolute atomic E-state index is 0.0112. The van der Waals surface area contributed by atoms with Gasteiger partial charge in [-0.05, 0) is 19.1 Å². The van der Waals surface area contributed by atoms with Gasteiger partial charge in [-0.25, -0.2) is 4.98 Å². The summed E-state index contributed by atoms with van der Waals surface area (Å²) in [5.74, 6) is -0.170. The average molecular weight is 330 g/mol. The van der Waals surface area contributed by atoms with E-state index in [4.69, 9.17) is 15.7 Å². The number of hydrogen-bond acceptors (Lipinski definition) is 6. The molecule has 6 nitrogen and oxygen atoms in total. The molecule has 2 N–H and O–H groups in total. The molecule has 1 aromatic heterocycles. The van der Waals surface area contributed by atoms with Gasteiger partial charge in [0, 0.05) is 19.4 Å². The zero-order valence-corrected chi connectivity index (χ0v) is 13.9. The van der Waals surface area contributed by atoms with Gasteiger partial charge in [-0.15, -0.1) is 0 Å². The summed E-state index contributed by atoms with van der Waals surface area (Å²) in [5.41, 5.74) is 7.67. The number of ketones is 1. The number of nitrogens with two attached hydrogens (primary N) is 1. The molecule has 0 atom stereocenters. The lowest BCUT2D eigenvalue weighted by atomic mass is 10.2. The zero-order valence-electron chi connectivity index (χ0n) is 13.1. The van der Waals surface area contributed by atoms with Crippen molar-refractivity contribution in [1.82, 2.24) is 9.55 Å². The predicted molar refractivity (Wildman–Crippen MR) is 89.8 cm³/mol. The number of benzene rings is 1. The lowest BCUT2D eigenvalue weighted by Crippen LogP contribution is -2.11. The second-order valence-corrected chi connectivity index (χ2v) is 5.85. The van der Waals surface area contributed by atoms with Gasteiger partial charge in [-0.1, -0.05) is 23.9 Å². The average Bonchev–Trinajstić information content (AvgIpc) is 2.88. The maximum Gasteiger partial charge on any atom is 0.185 e. The smallest absolute Gasteiger partial charge is 0.185 e. The molecule has 0 saturated carbocycles. The number of nitriles is 1. The molecule has 120 valence electrons. The highest BCUT2D eigenvalue weighted by atomic mass is 32.2. The molecule has 2 rings (SSSR count). The summed E-state index contributed by atoms with van der Waals surface area (Å²) in [5, 5.41) is 9.72. The van der Waals surface area contributed by atoms with Gasteiger partial charge in [-0.3, -0.25) is 4.79 Å². The third-order valence-electron chi connectivity index (χ3n) is 3.26. The van der Waals surface area contributed by atoms with E-state index in [2.05, 4.69) is 4.98 Å². The molecule has 0 amide bonds. The first-order valence-electron chi connectivity index (χ1n) is 7.05. The summed E-state index contributed by atoms with van der Waals surface area (Å²) in [6.07, 6.45) is 0. The van der Waals surface area contributed by atoms with Gasteiger partial charge in [0.05, 0.1) is 23.4 Å². The molecule has 0 aliphatic carbocycles. The number of hydrogen-bond donors (Lipinski definition) is 1. The predicted octanol–water partition coefficient (Wildman–Crippen LogP) is 2.10. The van der Waals surface area contributed by atoms with Crippen molar-refractivity contribution < 1.29 is 9.53 Å². The minimum Gasteiger partial charge on any atom is -0.401 e. The number of rotatable bonds is 7. The van der Waals surface area contributed by atoms with E-state index >= 15 is 0 Å². The van der Waals surface area contributed by atoms with Crippen molar-refractivity contribution in [3.63, 3.8) is 0 Å². The van der Waals surface area contributed by atoms with Crippen LogP contribution in [0.25, 0.3) is 11.0 Å². The SMILES string of the molecule is COCCn1c(SCC(=O)/C(C#N)=C(/C)N)nc2ccccc21. The molecular weight excluding hydrogens is 312 g/mol. The van der Waals surface area contributed by atoms with E-state index in [1.165, 1.54) is 11.8 Å². The molecule has 0 aliphatic rings. The maximum absolute atomic E-state index is 12.1. The Kier molecular flexibility index (Phi) is 5.79. The van der Waals surface area contributed by atoms with Gasteiger partial charge in [0.25, 0.3) is 0 Å². The first kappa shape index (κ1) is 17.1. The monoisotopic (exact) mass is 330 g/mol. The van der Waals surface area contributed by atoms with E-state index in [0.29, 0.717) is 13.2 Å². The van der Waals surface area contributed by atoms with Crippen LogP contribution in [-0.4, -0.2) is 34.8 Å². The molecule has 7 heteroatoms. The Morgan fingerprint density at radius 3 is 2.87 bits per heavy atom. The van der Waals surface area contributed by atoms with Gasteiger partial charge < -0.3 is 15.0 Å². The van der Waals surface area contributed by atoms with Crippen LogP contribution < -0.4 is 5.73 Å². The standard InChI is InChI=1S/C16H18N4O2S/c1-11(18)12(9-17)15(21)10-23-16-19-13-5-3-4-6-14(13)20(16)7-8-22-2/h3-6H,7-8,10,18H2,1-2H3/b12-11-. The molecule has 1 heterocycles. The van der Waals surface area contributed by atoms with E-state index in [0.717, 1.165) is 16.2 Å². The van der Waals surface area contributed by atoms with Crippen LogP contribution in [-0.2, 0) is 16.1 Å². The third-order valence-corrected chi connectivity index (χ3v) is 4.23. The van der Waals surface area contributed by atoms with Crippen molar-refractivity contribution in [3.05, 3.63) is 35.5 Å². The highest BCUT2D eigenvalue weighted by Gasteiger charge is 2.16. The highest BCUT2D eigenvalue weighted by Crippen LogP contribution is 2.24. The fourth-order valence-corrected chi connectivity index (χ4v) is 3.05. The van der Waals surface area contributed by atoms with Gasteiger partial charge in [-0.2, -0.15) is 5.26 Å². The van der Waals surface area contributed by atoms with Gasteiger partial charge in [0.2, 0.25) is 0 Å². The lowest BCUT2D eigenvalue weighted by molar-refractivity contribution is -0.112. The lowest BCUT2D eigenvalue weighted by Gasteiger charge is -2.08. The number of fused-ring (bicyclic) bond motifs is 1. The van der Waals surface area contributed by atoms with E-state index < -0.39 is 0 Å². The summed E-state index contributed by atoms with van der Waals surface area (Å²) in [6.45, 7) is 2.74. The van der Waals surface area contributed by atoms with Crippen LogP contribution in [0.5, 0.6) is 0 Å². The number of carbonyl (C=O) groups excluding carboxylic acids is 1. The Hall–Kier alpha value is -2.30. The molecule has 0 fully saturated rings. The number of carbonyl (C=O) groups is 1. The van der Waals surface area contributed by atoms with Crippen LogP contribution >= 0.6 is 11.8 Å². The van der Waals surface area contributed by atoms with Crippen LogP contribution in [0.15, 0.2) is 40.7 Å². The minimum atomic E-state index is -0.289. The Labute approximate surface area is 138 Å². The van der Waals surface area contributed by atoms with Crippen LogP contribution in [0.3, 0.4) is 0 Å². The Morgan fingerprint density at radius 2 is 2.22 bits per heavy atom. The molecular formula is C16H18N4O2S. The first-order valence-corrected chi connectivity index (χ1v) is 8.03. The van der Waals surface area contributed by atoms with Gasteiger partial charge >= 0.3 is 0 Å². The van der Waals surface area contributed by atoms with Crippen molar-refractivity contribution >= 4 is 28.6 Å². The number of methoxy groups -OCH3 is 1. The largest absolute Gasteiger partial charge is 0.401 e. The number of ether oxygens (including phenoxy) is 1. The van der Waals surface area contributed by atoms with Crippen molar-refractivity contribution in [2.45, 2.75) is 18.6 Å². The number of aromatic nitrogens is 2. The van der Waals surface area contributed by atoms with E-state index in [-0.39, 0.29) is 22.8 Å². The van der Waals surface area contributed by atoms with E-state index in [1.54, 1.807) is 14.0 Å². The second kappa shape index (κ2) is 7.81. The molecule has 0 bridgehead atoms. The molecule has 2 aromatic rings. The zero-order chi connectivity index (χ0) is 16.8. The van der Waals surface area contributed by atoms with Crippen LogP contribution in [0.4, 0.5) is 0 Å². The van der Waals surface area contributed by atoms with E-state index in [1.807, 2.05) is 34.9 Å². The summed E-state index contributed by atoms with van der Waals surface area (Å²) >= 11 is 1.30. The Bertz CT molecular complexity index is 785. The third kappa shape index (κ3) is 3.92. The topological polar surface area (TPSA) is 93.9 Å². The number of thioether (sulfide) groups is 1. The summed E-state index contributed by atoms with van der Waals surface area (Å²) < 4.78 is 7.16. The number of nitrogens with zero attached hydrogens (tertiary/aromatic N) is 3. The molecule has 0 aliphatic heterocycles. The summed E-state index contributed by atoms with van der Waals surface area (Å²) in [6, 6.07) is 9.63. The molecule has 1 aromatic carbocycles. The molecule has 23 heavy (non-hydrogen) atoms. The normalized spacial score (nSPS) is 12.0. The molecule has 0 saturated heterocycles. The van der Waals surface area contributed by atoms with E-state index in [9.17, 15) is 4.79 Å². The van der Waals surface area contributed by atoms with Crippen LogP contribution in [0, 0.1) is 11.3 Å². The van der Waals surface area contributed by atoms with Crippen LogP contribution in [0.1, 0.15) is 6.92 Å². The van der Waals surface area contributed by atoms with Gasteiger partial charge in [0.15, 0.2) is 10.9 Å². The first-order chi connectivity index (χ1) is 11.1. The Balaban J connectivity index is 2.24. The fourth-order valence-electron chi connectivity index (χ4n) is 2.13. The molecule has 0 spiro atoms. The van der Waals surface area contributed by atoms with Crippen molar-refractivity contribution in [2.75, 3.05) is 19.5 Å². The number of para-hydroxylation sites is 2. The second-order valence-electron chi connectivity index (χ2n) is 4.91. The molecule has 0 radical (unpaired) electrons. The van der Waals surface area contributed by atoms with Gasteiger partial charge in [0.1, 0.15) is 11.6 Å².